The van der Waals surface area contributed by atoms with Crippen LogP contribution in [0.25, 0.3) is 0 Å². The molecule has 0 saturated carbocycles. The number of nitrogens with zero attached hydrogens (tertiary/aromatic N) is 1. The second kappa shape index (κ2) is 7.65. The Bertz CT molecular complexity index is 1010. The number of fused-ring (bicyclic) bond motifs is 2. The topological polar surface area (TPSA) is 116 Å². The molecule has 2 aromatic rings. The number of ketones is 2. The minimum atomic E-state index is -0.680. The summed E-state index contributed by atoms with van der Waals surface area (Å²) in [5, 5.41) is 23.6. The molecule has 0 aromatic heterocycles. The molecule has 4 rings (SSSR count). The van der Waals surface area contributed by atoms with Gasteiger partial charge in [0.25, 0.3) is 0 Å². The van der Waals surface area contributed by atoms with E-state index in [1.165, 1.54) is 24.3 Å². The Balaban J connectivity index is 1.56. The summed E-state index contributed by atoms with van der Waals surface area (Å²) in [6, 6.07) is 6.56. The standard InChI is InChI=1S/C21H20N2O6/c24-15-3-1-2-13-17(15)20(27)18-14(19(13)26)10-12(11-16(18)25)21(28)29-9-8-23-6-4-22-5-7-23/h1-3,10-11,22,24-25H,4-9H2. The summed E-state index contributed by atoms with van der Waals surface area (Å²) in [6.07, 6.45) is 0. The van der Waals surface area contributed by atoms with E-state index in [0.29, 0.717) is 6.54 Å². The number of hydrogen-bond acceptors (Lipinski definition) is 8. The quantitative estimate of drug-likeness (QED) is 0.558. The van der Waals surface area contributed by atoms with E-state index in [1.54, 1.807) is 0 Å². The molecule has 2 aliphatic rings. The van der Waals surface area contributed by atoms with Crippen molar-refractivity contribution in [2.45, 2.75) is 0 Å². The first-order valence-corrected chi connectivity index (χ1v) is 9.36. The smallest absolute Gasteiger partial charge is 0.338 e. The maximum absolute atomic E-state index is 12.8. The Morgan fingerprint density at radius 2 is 1.72 bits per heavy atom. The van der Waals surface area contributed by atoms with Gasteiger partial charge in [-0.2, -0.15) is 0 Å². The number of phenols is 2. The zero-order chi connectivity index (χ0) is 20.5. The van der Waals surface area contributed by atoms with E-state index in [0.717, 1.165) is 32.2 Å². The molecule has 0 atom stereocenters. The largest absolute Gasteiger partial charge is 0.507 e. The maximum Gasteiger partial charge on any atom is 0.338 e. The van der Waals surface area contributed by atoms with Gasteiger partial charge in [-0.3, -0.25) is 14.5 Å². The number of phenolic OH excluding ortho intramolecular Hbond substituents is 2. The number of nitrogens with one attached hydrogen (secondary N) is 1. The van der Waals surface area contributed by atoms with Crippen molar-refractivity contribution in [1.82, 2.24) is 10.2 Å². The molecular weight excluding hydrogens is 376 g/mol. The summed E-state index contributed by atoms with van der Waals surface area (Å²) in [6.45, 7) is 4.30. The highest BCUT2D eigenvalue weighted by Crippen LogP contribution is 2.37. The number of carbonyl (C=O) groups excluding carboxylic acids is 3. The molecule has 0 amide bonds. The second-order valence-corrected chi connectivity index (χ2v) is 7.00. The summed E-state index contributed by atoms with van der Waals surface area (Å²) in [7, 11) is 0. The van der Waals surface area contributed by atoms with Gasteiger partial charge in [0.15, 0.2) is 5.78 Å². The lowest BCUT2D eigenvalue weighted by Gasteiger charge is -2.26. The molecule has 8 heteroatoms. The van der Waals surface area contributed by atoms with Gasteiger partial charge in [0.1, 0.15) is 18.1 Å². The minimum Gasteiger partial charge on any atom is -0.507 e. The van der Waals surface area contributed by atoms with Crippen molar-refractivity contribution in [3.05, 3.63) is 58.1 Å². The molecule has 1 heterocycles. The van der Waals surface area contributed by atoms with Crippen LogP contribution in [0.2, 0.25) is 0 Å². The van der Waals surface area contributed by atoms with Crippen LogP contribution in [0.1, 0.15) is 42.2 Å². The van der Waals surface area contributed by atoms with Gasteiger partial charge in [-0.25, -0.2) is 4.79 Å². The lowest BCUT2D eigenvalue weighted by Crippen LogP contribution is -2.44. The number of ether oxygens (including phenoxy) is 1. The van der Waals surface area contributed by atoms with Crippen molar-refractivity contribution < 1.29 is 29.3 Å². The van der Waals surface area contributed by atoms with Gasteiger partial charge in [-0.15, -0.1) is 0 Å². The Kier molecular flexibility index (Phi) is 5.04. The van der Waals surface area contributed by atoms with Gasteiger partial charge < -0.3 is 20.3 Å². The number of carbonyl (C=O) groups is 3. The van der Waals surface area contributed by atoms with Crippen LogP contribution >= 0.6 is 0 Å². The number of benzene rings is 2. The highest BCUT2D eigenvalue weighted by atomic mass is 16.5. The third kappa shape index (κ3) is 3.48. The van der Waals surface area contributed by atoms with Crippen LogP contribution in [0.4, 0.5) is 0 Å². The zero-order valence-corrected chi connectivity index (χ0v) is 15.6. The minimum absolute atomic E-state index is 0.00804. The molecular formula is C21H20N2O6. The first kappa shape index (κ1) is 19.1. The van der Waals surface area contributed by atoms with E-state index >= 15 is 0 Å². The van der Waals surface area contributed by atoms with Crippen LogP contribution in [0.5, 0.6) is 11.5 Å². The fourth-order valence-corrected chi connectivity index (χ4v) is 3.69. The van der Waals surface area contributed by atoms with Gasteiger partial charge in [0, 0.05) is 43.9 Å². The zero-order valence-electron chi connectivity index (χ0n) is 15.6. The Labute approximate surface area is 166 Å². The molecule has 0 bridgehead atoms. The average molecular weight is 396 g/mol. The first-order chi connectivity index (χ1) is 14.0. The molecule has 1 saturated heterocycles. The van der Waals surface area contributed by atoms with Crippen molar-refractivity contribution >= 4 is 17.5 Å². The van der Waals surface area contributed by atoms with Crippen LogP contribution < -0.4 is 5.32 Å². The van der Waals surface area contributed by atoms with E-state index in [-0.39, 0.29) is 40.2 Å². The van der Waals surface area contributed by atoms with E-state index in [9.17, 15) is 24.6 Å². The van der Waals surface area contributed by atoms with E-state index < -0.39 is 23.3 Å². The molecule has 0 spiro atoms. The Morgan fingerprint density at radius 3 is 2.48 bits per heavy atom. The van der Waals surface area contributed by atoms with Crippen LogP contribution in [0, 0.1) is 0 Å². The van der Waals surface area contributed by atoms with Gasteiger partial charge in [-0.1, -0.05) is 12.1 Å². The van der Waals surface area contributed by atoms with Crippen molar-refractivity contribution in [2.75, 3.05) is 39.3 Å². The number of aromatic hydroxyl groups is 2. The summed E-state index contributed by atoms with van der Waals surface area (Å²) in [5.41, 5.74) is -0.424. The maximum atomic E-state index is 12.8. The summed E-state index contributed by atoms with van der Waals surface area (Å²) in [5.74, 6) is -2.72. The van der Waals surface area contributed by atoms with Crippen molar-refractivity contribution in [1.29, 1.82) is 0 Å². The fraction of sp³-hybridized carbons (Fsp3) is 0.286. The lowest BCUT2D eigenvalue weighted by molar-refractivity contribution is 0.0455. The number of esters is 1. The SMILES string of the molecule is O=C(OCCN1CCNCC1)c1cc(O)c2c(c1)C(=O)c1cccc(O)c1C2=O. The van der Waals surface area contributed by atoms with Crippen molar-refractivity contribution in [3.63, 3.8) is 0 Å². The molecule has 2 aromatic carbocycles. The van der Waals surface area contributed by atoms with Gasteiger partial charge in [0.2, 0.25) is 5.78 Å². The van der Waals surface area contributed by atoms with Crippen LogP contribution in [0.15, 0.2) is 30.3 Å². The highest BCUT2D eigenvalue weighted by Gasteiger charge is 2.35. The molecule has 0 unspecified atom stereocenters. The molecule has 0 radical (unpaired) electrons. The van der Waals surface area contributed by atoms with Crippen LogP contribution in [-0.4, -0.2) is 72.0 Å². The third-order valence-corrected chi connectivity index (χ3v) is 5.19. The van der Waals surface area contributed by atoms with Crippen LogP contribution in [0.3, 0.4) is 0 Å². The number of hydrogen-bond donors (Lipinski definition) is 3. The average Bonchev–Trinajstić information content (AvgIpc) is 2.72. The normalized spacial score (nSPS) is 16.3. The highest BCUT2D eigenvalue weighted by molar-refractivity contribution is 6.30. The fourth-order valence-electron chi connectivity index (χ4n) is 3.69. The summed E-state index contributed by atoms with van der Waals surface area (Å²) in [4.78, 5) is 40.1. The Morgan fingerprint density at radius 1 is 1.00 bits per heavy atom. The molecule has 1 fully saturated rings. The van der Waals surface area contributed by atoms with Crippen molar-refractivity contribution in [3.8, 4) is 11.5 Å². The second-order valence-electron chi connectivity index (χ2n) is 7.00. The van der Waals surface area contributed by atoms with E-state index in [2.05, 4.69) is 10.2 Å². The first-order valence-electron chi connectivity index (χ1n) is 9.36. The Hall–Kier alpha value is -3.23. The van der Waals surface area contributed by atoms with E-state index in [4.69, 9.17) is 4.74 Å². The predicted octanol–water partition coefficient (Wildman–Crippen LogP) is 0.935. The monoisotopic (exact) mass is 396 g/mol. The summed E-state index contributed by atoms with van der Waals surface area (Å²) >= 11 is 0. The summed E-state index contributed by atoms with van der Waals surface area (Å²) < 4.78 is 5.28. The van der Waals surface area contributed by atoms with Gasteiger partial charge in [0.05, 0.1) is 16.7 Å². The lowest BCUT2D eigenvalue weighted by atomic mass is 9.82. The molecule has 1 aliphatic heterocycles. The van der Waals surface area contributed by atoms with Crippen molar-refractivity contribution in [2.24, 2.45) is 0 Å². The molecule has 150 valence electrons. The third-order valence-electron chi connectivity index (χ3n) is 5.19. The van der Waals surface area contributed by atoms with Gasteiger partial charge in [-0.05, 0) is 18.2 Å². The number of piperazine rings is 1. The molecule has 29 heavy (non-hydrogen) atoms. The van der Waals surface area contributed by atoms with E-state index in [1.807, 2.05) is 0 Å². The molecule has 8 nitrogen and oxygen atoms in total. The molecule has 1 aliphatic carbocycles. The van der Waals surface area contributed by atoms with Crippen LogP contribution in [-0.2, 0) is 4.74 Å². The predicted molar refractivity (Wildman–Crippen MR) is 103 cm³/mol. The molecule has 3 N–H and O–H groups in total. The number of rotatable bonds is 4. The van der Waals surface area contributed by atoms with Gasteiger partial charge >= 0.3 is 5.97 Å².